The second-order valence-electron chi connectivity index (χ2n) is 11.2. The zero-order valence-corrected chi connectivity index (χ0v) is 24.6. The number of rotatable bonds is 10. The number of nitrogens with one attached hydrogen (secondary N) is 3. The highest BCUT2D eigenvalue weighted by molar-refractivity contribution is 5.99. The Labute approximate surface area is 250 Å². The average Bonchev–Trinajstić information content (AvgIpc) is 3.42. The summed E-state index contributed by atoms with van der Waals surface area (Å²) < 4.78 is 26.4. The summed E-state index contributed by atoms with van der Waals surface area (Å²) in [6.07, 6.45) is 2.45. The smallest absolute Gasteiger partial charge is 0.324 e. The van der Waals surface area contributed by atoms with Crippen LogP contribution in [0.25, 0.3) is 5.69 Å². The van der Waals surface area contributed by atoms with Gasteiger partial charge >= 0.3 is 6.03 Å². The number of morpholine rings is 1. The first-order chi connectivity index (χ1) is 20.7. The fourth-order valence-electron chi connectivity index (χ4n) is 4.46. The highest BCUT2D eigenvalue weighted by atomic mass is 19.1. The predicted octanol–water partition coefficient (Wildman–Crippen LogP) is 5.67. The van der Waals surface area contributed by atoms with Crippen molar-refractivity contribution in [1.82, 2.24) is 24.6 Å². The predicted molar refractivity (Wildman–Crippen MR) is 164 cm³/mol. The molecule has 43 heavy (non-hydrogen) atoms. The van der Waals surface area contributed by atoms with Crippen LogP contribution in [-0.4, -0.2) is 70.1 Å². The van der Waals surface area contributed by atoms with Gasteiger partial charge in [-0.05, 0) is 61.5 Å². The maximum absolute atomic E-state index is 13.5. The van der Waals surface area contributed by atoms with Gasteiger partial charge in [0.2, 0.25) is 5.88 Å². The lowest BCUT2D eigenvalue weighted by Gasteiger charge is -2.26. The molecule has 3 heterocycles. The molecule has 3 N–H and O–H groups in total. The Balaban J connectivity index is 1.15. The average molecular weight is 589 g/mol. The number of amides is 2. The third-order valence-corrected chi connectivity index (χ3v) is 6.83. The number of urea groups is 1. The zero-order chi connectivity index (χ0) is 30.2. The first-order valence-electron chi connectivity index (χ1n) is 14.3. The molecule has 2 aromatic carbocycles. The molecule has 0 atom stereocenters. The Morgan fingerprint density at radius 2 is 1.74 bits per heavy atom. The molecule has 1 aliphatic rings. The van der Waals surface area contributed by atoms with Crippen LogP contribution in [-0.2, 0) is 10.2 Å². The number of nitrogens with zero attached hydrogens (tertiary/aromatic N) is 5. The van der Waals surface area contributed by atoms with Gasteiger partial charge in [0, 0.05) is 42.9 Å². The molecule has 1 saturated heterocycles. The maximum Gasteiger partial charge on any atom is 0.324 e. The van der Waals surface area contributed by atoms with Crippen LogP contribution in [0.4, 0.5) is 26.5 Å². The van der Waals surface area contributed by atoms with Crippen molar-refractivity contribution in [3.8, 4) is 17.3 Å². The normalized spacial score (nSPS) is 13.9. The molecular weight excluding hydrogens is 551 g/mol. The van der Waals surface area contributed by atoms with Crippen LogP contribution in [0.1, 0.15) is 32.9 Å². The summed E-state index contributed by atoms with van der Waals surface area (Å²) in [4.78, 5) is 23.8. The molecule has 4 aromatic rings. The van der Waals surface area contributed by atoms with Crippen LogP contribution < -0.4 is 20.7 Å². The number of aromatic nitrogens is 4. The van der Waals surface area contributed by atoms with E-state index in [4.69, 9.17) is 9.47 Å². The van der Waals surface area contributed by atoms with Crippen molar-refractivity contribution in [2.45, 2.75) is 32.6 Å². The minimum absolute atomic E-state index is 0.252. The lowest BCUT2D eigenvalue weighted by atomic mass is 9.92. The number of anilines is 3. The number of hydrogen-bond acceptors (Lipinski definition) is 8. The van der Waals surface area contributed by atoms with Gasteiger partial charge in [0.15, 0.2) is 0 Å². The Kier molecular flexibility index (Phi) is 9.48. The summed E-state index contributed by atoms with van der Waals surface area (Å²) >= 11 is 0. The number of halogens is 1. The van der Waals surface area contributed by atoms with Crippen LogP contribution in [0.3, 0.4) is 0 Å². The van der Waals surface area contributed by atoms with E-state index < -0.39 is 6.03 Å². The lowest BCUT2D eigenvalue weighted by Crippen LogP contribution is -2.37. The van der Waals surface area contributed by atoms with Gasteiger partial charge in [-0.25, -0.2) is 23.8 Å². The minimum Gasteiger partial charge on any atom is -0.439 e. The highest BCUT2D eigenvalue weighted by Gasteiger charge is 2.21. The van der Waals surface area contributed by atoms with Gasteiger partial charge in [-0.2, -0.15) is 5.10 Å². The molecule has 5 rings (SSSR count). The van der Waals surface area contributed by atoms with E-state index in [-0.39, 0.29) is 11.2 Å². The topological polar surface area (TPSA) is 118 Å². The van der Waals surface area contributed by atoms with E-state index in [1.165, 1.54) is 18.5 Å². The third-order valence-electron chi connectivity index (χ3n) is 6.83. The van der Waals surface area contributed by atoms with E-state index in [9.17, 15) is 9.18 Å². The molecule has 12 heteroatoms. The summed E-state index contributed by atoms with van der Waals surface area (Å²) in [6.45, 7) is 11.5. The fourth-order valence-corrected chi connectivity index (χ4v) is 4.46. The van der Waals surface area contributed by atoms with Crippen LogP contribution in [0.2, 0.25) is 0 Å². The second-order valence-corrected chi connectivity index (χ2v) is 11.2. The first-order valence-corrected chi connectivity index (χ1v) is 14.3. The Bertz CT molecular complexity index is 1500. The highest BCUT2D eigenvalue weighted by Crippen LogP contribution is 2.27. The Morgan fingerprint density at radius 1 is 1.00 bits per heavy atom. The second kappa shape index (κ2) is 13.6. The summed E-state index contributed by atoms with van der Waals surface area (Å²) in [5, 5.41) is 13.7. The van der Waals surface area contributed by atoms with E-state index in [2.05, 4.69) is 35.9 Å². The van der Waals surface area contributed by atoms with E-state index >= 15 is 0 Å². The van der Waals surface area contributed by atoms with Crippen LogP contribution >= 0.6 is 0 Å². The van der Waals surface area contributed by atoms with Gasteiger partial charge in [0.1, 0.15) is 29.5 Å². The number of benzene rings is 2. The van der Waals surface area contributed by atoms with E-state index in [0.717, 1.165) is 51.5 Å². The molecular formula is C31H37FN8O3. The van der Waals surface area contributed by atoms with Gasteiger partial charge in [-0.1, -0.05) is 20.8 Å². The summed E-state index contributed by atoms with van der Waals surface area (Å²) in [6, 6.07) is 16.0. The number of carbonyl (C=O) groups is 1. The lowest BCUT2D eigenvalue weighted by molar-refractivity contribution is 0.0378. The minimum atomic E-state index is -0.447. The van der Waals surface area contributed by atoms with Gasteiger partial charge in [-0.3, -0.25) is 10.2 Å². The third kappa shape index (κ3) is 8.49. The van der Waals surface area contributed by atoms with E-state index in [1.54, 1.807) is 47.1 Å². The molecule has 0 radical (unpaired) electrons. The molecule has 0 aliphatic carbocycles. The van der Waals surface area contributed by atoms with Gasteiger partial charge in [-0.15, -0.1) is 0 Å². The number of ether oxygens (including phenoxy) is 2. The quantitative estimate of drug-likeness (QED) is 0.203. The molecule has 0 unspecified atom stereocenters. The van der Waals surface area contributed by atoms with Crippen LogP contribution in [0.15, 0.2) is 67.0 Å². The molecule has 2 amide bonds. The van der Waals surface area contributed by atoms with Crippen LogP contribution in [0.5, 0.6) is 11.6 Å². The summed E-state index contributed by atoms with van der Waals surface area (Å²) in [7, 11) is 0. The van der Waals surface area contributed by atoms with Crippen molar-refractivity contribution in [3.05, 3.63) is 78.5 Å². The summed E-state index contributed by atoms with van der Waals surface area (Å²) in [5.41, 5.74) is 1.73. The molecule has 1 fully saturated rings. The van der Waals surface area contributed by atoms with Crippen molar-refractivity contribution in [2.24, 2.45) is 0 Å². The molecule has 0 spiro atoms. The fraction of sp³-hybridized carbons (Fsp3) is 0.355. The van der Waals surface area contributed by atoms with Crippen molar-refractivity contribution in [1.29, 1.82) is 0 Å². The van der Waals surface area contributed by atoms with E-state index in [0.29, 0.717) is 34.6 Å². The monoisotopic (exact) mass is 588 g/mol. The summed E-state index contributed by atoms with van der Waals surface area (Å²) in [5.74, 6) is 1.78. The van der Waals surface area contributed by atoms with Crippen molar-refractivity contribution in [3.63, 3.8) is 0 Å². The van der Waals surface area contributed by atoms with Crippen molar-refractivity contribution >= 4 is 23.4 Å². The molecule has 0 saturated carbocycles. The maximum atomic E-state index is 13.5. The molecule has 11 nitrogen and oxygen atoms in total. The molecule has 0 bridgehead atoms. The molecule has 226 valence electrons. The SMILES string of the molecule is CC(C)(C)c1cc(NC(=O)Nc2ccc(Oc3cc(NCCCN4CCOCC4)ncn3)cc2)n(-c2ccc(F)cc2)n1. The van der Waals surface area contributed by atoms with Gasteiger partial charge in [0.25, 0.3) is 0 Å². The first kappa shape index (κ1) is 29.9. The largest absolute Gasteiger partial charge is 0.439 e. The Hall–Kier alpha value is -4.55. The van der Waals surface area contributed by atoms with Crippen LogP contribution in [0, 0.1) is 5.82 Å². The Morgan fingerprint density at radius 3 is 2.47 bits per heavy atom. The number of carbonyl (C=O) groups excluding carboxylic acids is 1. The van der Waals surface area contributed by atoms with E-state index in [1.807, 2.05) is 26.8 Å². The number of hydrogen-bond donors (Lipinski definition) is 3. The molecule has 1 aliphatic heterocycles. The molecule has 2 aromatic heterocycles. The van der Waals surface area contributed by atoms with Crippen molar-refractivity contribution < 1.29 is 18.7 Å². The standard InChI is InChI=1S/C31H37FN8O3/c1-31(2,3)26-19-28(40(38-26)24-9-5-22(32)6-10-24)37-30(41)36-23-7-11-25(12-8-23)43-29-20-27(34-21-35-29)33-13-4-14-39-15-17-42-18-16-39/h5-12,19-21H,4,13-18H2,1-3H3,(H,33,34,35)(H2,36,37,41). The zero-order valence-electron chi connectivity index (χ0n) is 24.6. The van der Waals surface area contributed by atoms with Crippen molar-refractivity contribution in [2.75, 3.05) is 55.3 Å². The van der Waals surface area contributed by atoms with Gasteiger partial charge in [0.05, 0.1) is 24.6 Å². The van der Waals surface area contributed by atoms with Gasteiger partial charge < -0.3 is 20.1 Å².